The zero-order valence-corrected chi connectivity index (χ0v) is 22.6. The van der Waals surface area contributed by atoms with Gasteiger partial charge < -0.3 is 25.0 Å². The van der Waals surface area contributed by atoms with Gasteiger partial charge in [-0.1, -0.05) is 18.2 Å². The average molecular weight is 569 g/mol. The predicted octanol–water partition coefficient (Wildman–Crippen LogP) is 4.10. The first-order valence-corrected chi connectivity index (χ1v) is 11.1. The van der Waals surface area contributed by atoms with Crippen LogP contribution in [0.2, 0.25) is 0 Å². The van der Waals surface area contributed by atoms with Crippen LogP contribution in [0, 0.1) is 0 Å². The molecule has 182 valence electrons. The van der Waals surface area contributed by atoms with Gasteiger partial charge in [-0.25, -0.2) is 4.99 Å². The number of halogens is 1. The zero-order valence-electron chi connectivity index (χ0n) is 20.3. The van der Waals surface area contributed by atoms with Crippen molar-refractivity contribution in [2.75, 3.05) is 40.9 Å². The van der Waals surface area contributed by atoms with E-state index in [0.29, 0.717) is 18.7 Å². The first kappa shape index (κ1) is 28.5. The van der Waals surface area contributed by atoms with E-state index in [0.717, 1.165) is 49.0 Å². The molecule has 0 aliphatic carbocycles. The molecule has 2 N–H and O–H groups in total. The molecule has 0 aliphatic heterocycles. The Balaban J connectivity index is 0.00000544. The molecule has 0 saturated carbocycles. The summed E-state index contributed by atoms with van der Waals surface area (Å²) in [5, 5.41) is 6.67. The Morgan fingerprint density at radius 2 is 1.70 bits per heavy atom. The van der Waals surface area contributed by atoms with Gasteiger partial charge in [-0.3, -0.25) is 4.79 Å². The molecular formula is C25H37IN4O3. The van der Waals surface area contributed by atoms with Crippen molar-refractivity contribution in [1.29, 1.82) is 0 Å². The Morgan fingerprint density at radius 3 is 2.30 bits per heavy atom. The molecule has 0 fully saturated rings. The average Bonchev–Trinajstić information content (AvgIpc) is 2.80. The molecule has 0 spiro atoms. The summed E-state index contributed by atoms with van der Waals surface area (Å²) in [5.41, 5.74) is 2.95. The van der Waals surface area contributed by atoms with Gasteiger partial charge in [0.1, 0.15) is 0 Å². The third-order valence-electron chi connectivity index (χ3n) is 4.83. The van der Waals surface area contributed by atoms with E-state index >= 15 is 0 Å². The van der Waals surface area contributed by atoms with Crippen LogP contribution in [0.3, 0.4) is 0 Å². The van der Waals surface area contributed by atoms with Crippen LogP contribution in [0.25, 0.3) is 0 Å². The SMILES string of the molecule is CCNC(=NCc1ccc(C(=O)N(C)C)cc1)NCCCc1ccc(OC)c(OCC)c1.I. The van der Waals surface area contributed by atoms with Crippen LogP contribution in [0.5, 0.6) is 11.5 Å². The summed E-state index contributed by atoms with van der Waals surface area (Å²) in [6.07, 6.45) is 1.89. The number of hydrogen-bond acceptors (Lipinski definition) is 4. The number of amides is 1. The maximum Gasteiger partial charge on any atom is 0.253 e. The number of carbonyl (C=O) groups is 1. The first-order chi connectivity index (χ1) is 15.5. The smallest absolute Gasteiger partial charge is 0.253 e. The highest BCUT2D eigenvalue weighted by Crippen LogP contribution is 2.28. The van der Waals surface area contributed by atoms with Crippen LogP contribution < -0.4 is 20.1 Å². The van der Waals surface area contributed by atoms with Crippen molar-refractivity contribution in [2.24, 2.45) is 4.99 Å². The lowest BCUT2D eigenvalue weighted by atomic mass is 10.1. The number of nitrogens with zero attached hydrogens (tertiary/aromatic N) is 2. The standard InChI is InChI=1S/C25H36N4O3.HI/c1-6-26-25(28-18-20-10-13-21(14-11-20)24(30)29(3)4)27-16-8-9-19-12-15-22(31-5)23(17-19)32-7-2;/h10-15,17H,6-9,16,18H2,1-5H3,(H2,26,27,28);1H. The number of guanidine groups is 1. The van der Waals surface area contributed by atoms with Crippen LogP contribution in [0.1, 0.15) is 41.8 Å². The summed E-state index contributed by atoms with van der Waals surface area (Å²) >= 11 is 0. The molecule has 0 unspecified atom stereocenters. The minimum Gasteiger partial charge on any atom is -0.493 e. The minimum atomic E-state index is 0. The van der Waals surface area contributed by atoms with Crippen LogP contribution in [0.15, 0.2) is 47.5 Å². The monoisotopic (exact) mass is 568 g/mol. The predicted molar refractivity (Wildman–Crippen MR) is 145 cm³/mol. The van der Waals surface area contributed by atoms with Gasteiger partial charge in [-0.05, 0) is 62.1 Å². The molecule has 0 aliphatic rings. The maximum atomic E-state index is 12.0. The molecule has 2 aromatic carbocycles. The second-order valence-electron chi connectivity index (χ2n) is 7.54. The normalized spacial score (nSPS) is 10.8. The third-order valence-corrected chi connectivity index (χ3v) is 4.83. The summed E-state index contributed by atoms with van der Waals surface area (Å²) in [5.74, 6) is 2.33. The first-order valence-electron chi connectivity index (χ1n) is 11.1. The van der Waals surface area contributed by atoms with Crippen molar-refractivity contribution in [2.45, 2.75) is 33.2 Å². The molecule has 0 radical (unpaired) electrons. The molecule has 8 heteroatoms. The van der Waals surface area contributed by atoms with Crippen LogP contribution in [-0.4, -0.2) is 57.7 Å². The Bertz CT molecular complexity index is 886. The van der Waals surface area contributed by atoms with E-state index in [1.165, 1.54) is 5.56 Å². The van der Waals surface area contributed by atoms with Gasteiger partial charge >= 0.3 is 0 Å². The van der Waals surface area contributed by atoms with Crippen molar-refractivity contribution < 1.29 is 14.3 Å². The largest absolute Gasteiger partial charge is 0.493 e. The number of rotatable bonds is 11. The van der Waals surface area contributed by atoms with Gasteiger partial charge in [0.05, 0.1) is 20.3 Å². The van der Waals surface area contributed by atoms with E-state index in [4.69, 9.17) is 9.47 Å². The van der Waals surface area contributed by atoms with Gasteiger partial charge in [-0.2, -0.15) is 0 Å². The van der Waals surface area contributed by atoms with Gasteiger partial charge in [0.2, 0.25) is 0 Å². The number of nitrogens with one attached hydrogen (secondary N) is 2. The quantitative estimate of drug-likeness (QED) is 0.185. The Morgan fingerprint density at radius 1 is 1.00 bits per heavy atom. The molecule has 7 nitrogen and oxygen atoms in total. The summed E-state index contributed by atoms with van der Waals surface area (Å²) in [6, 6.07) is 13.7. The molecule has 2 aromatic rings. The van der Waals surface area contributed by atoms with Crippen molar-refractivity contribution in [3.05, 3.63) is 59.2 Å². The van der Waals surface area contributed by atoms with Gasteiger partial charge in [0.15, 0.2) is 17.5 Å². The fraction of sp³-hybridized carbons (Fsp3) is 0.440. The third kappa shape index (κ3) is 9.49. The van der Waals surface area contributed by atoms with E-state index < -0.39 is 0 Å². The lowest BCUT2D eigenvalue weighted by Crippen LogP contribution is -2.37. The Kier molecular flexibility index (Phi) is 13.3. The van der Waals surface area contributed by atoms with Crippen molar-refractivity contribution in [3.63, 3.8) is 0 Å². The zero-order chi connectivity index (χ0) is 23.3. The highest BCUT2D eigenvalue weighted by Gasteiger charge is 2.08. The highest BCUT2D eigenvalue weighted by atomic mass is 127. The molecule has 0 saturated heterocycles. The summed E-state index contributed by atoms with van der Waals surface area (Å²) in [7, 11) is 5.16. The van der Waals surface area contributed by atoms with Gasteiger partial charge in [-0.15, -0.1) is 24.0 Å². The summed E-state index contributed by atoms with van der Waals surface area (Å²) < 4.78 is 11.0. The minimum absolute atomic E-state index is 0. The molecule has 2 rings (SSSR count). The molecule has 0 atom stereocenters. The van der Waals surface area contributed by atoms with Crippen molar-refractivity contribution in [3.8, 4) is 11.5 Å². The van der Waals surface area contributed by atoms with E-state index in [-0.39, 0.29) is 29.9 Å². The fourth-order valence-electron chi connectivity index (χ4n) is 3.17. The highest BCUT2D eigenvalue weighted by molar-refractivity contribution is 14.0. The second-order valence-corrected chi connectivity index (χ2v) is 7.54. The van der Waals surface area contributed by atoms with Crippen molar-refractivity contribution >= 4 is 35.8 Å². The number of benzene rings is 2. The molecule has 1 amide bonds. The summed E-state index contributed by atoms with van der Waals surface area (Å²) in [6.45, 7) is 6.76. The summed E-state index contributed by atoms with van der Waals surface area (Å²) in [4.78, 5) is 18.2. The van der Waals surface area contributed by atoms with E-state index in [2.05, 4.69) is 21.7 Å². The Labute approximate surface area is 215 Å². The van der Waals surface area contributed by atoms with Gasteiger partial charge in [0.25, 0.3) is 5.91 Å². The number of carbonyl (C=O) groups excluding carboxylic acids is 1. The van der Waals surface area contributed by atoms with E-state index in [1.807, 2.05) is 50.2 Å². The van der Waals surface area contributed by atoms with Crippen LogP contribution in [0.4, 0.5) is 0 Å². The maximum absolute atomic E-state index is 12.0. The number of aliphatic imine (C=N–C) groups is 1. The molecule has 0 heterocycles. The number of aryl methyl sites for hydroxylation is 1. The molecule has 33 heavy (non-hydrogen) atoms. The van der Waals surface area contributed by atoms with E-state index in [1.54, 1.807) is 26.1 Å². The Hall–Kier alpha value is -2.49. The number of hydrogen-bond donors (Lipinski definition) is 2. The van der Waals surface area contributed by atoms with Crippen molar-refractivity contribution in [1.82, 2.24) is 15.5 Å². The lowest BCUT2D eigenvalue weighted by molar-refractivity contribution is 0.0827. The van der Waals surface area contributed by atoms with Crippen LogP contribution >= 0.6 is 24.0 Å². The van der Waals surface area contributed by atoms with Crippen LogP contribution in [-0.2, 0) is 13.0 Å². The topological polar surface area (TPSA) is 75.2 Å². The lowest BCUT2D eigenvalue weighted by Gasteiger charge is -2.13. The van der Waals surface area contributed by atoms with E-state index in [9.17, 15) is 4.79 Å². The number of ether oxygens (including phenoxy) is 2. The number of methoxy groups -OCH3 is 1. The second kappa shape index (κ2) is 15.4. The fourth-order valence-corrected chi connectivity index (χ4v) is 3.17. The molecule has 0 bridgehead atoms. The molecular weight excluding hydrogens is 531 g/mol. The van der Waals surface area contributed by atoms with Gasteiger partial charge in [0, 0.05) is 32.7 Å². The molecule has 0 aromatic heterocycles.